The van der Waals surface area contributed by atoms with Gasteiger partial charge in [0.25, 0.3) is 0 Å². The number of rotatable bonds is 3. The van der Waals surface area contributed by atoms with Gasteiger partial charge in [0.05, 0.1) is 11.6 Å². The lowest BCUT2D eigenvalue weighted by atomic mass is 10.2. The molecule has 2 aromatic heterocycles. The third-order valence-corrected chi connectivity index (χ3v) is 5.12. The molecule has 3 heterocycles. The van der Waals surface area contributed by atoms with Gasteiger partial charge < -0.3 is 4.90 Å². The molecular formula is C16H16N4OS. The Morgan fingerprint density at radius 2 is 2.18 bits per heavy atom. The highest BCUT2D eigenvalue weighted by molar-refractivity contribution is 7.10. The van der Waals surface area contributed by atoms with E-state index in [0.29, 0.717) is 0 Å². The predicted octanol–water partition coefficient (Wildman–Crippen LogP) is 2.86. The molecule has 1 amide bonds. The monoisotopic (exact) mass is 312 g/mol. The Bertz CT molecular complexity index is 795. The second kappa shape index (κ2) is 5.53. The van der Waals surface area contributed by atoms with E-state index in [0.717, 1.165) is 30.4 Å². The molecule has 0 saturated carbocycles. The van der Waals surface area contributed by atoms with E-state index in [-0.39, 0.29) is 18.5 Å². The van der Waals surface area contributed by atoms with Crippen LogP contribution >= 0.6 is 11.3 Å². The summed E-state index contributed by atoms with van der Waals surface area (Å²) in [5.41, 5.74) is 1.73. The number of hydrogen-bond donors (Lipinski definition) is 0. The zero-order chi connectivity index (χ0) is 14.9. The highest BCUT2D eigenvalue weighted by Crippen LogP contribution is 2.34. The second-order valence-electron chi connectivity index (χ2n) is 5.50. The number of likely N-dealkylation sites (tertiary alicyclic amines) is 1. The molecule has 6 heteroatoms. The zero-order valence-electron chi connectivity index (χ0n) is 12.1. The summed E-state index contributed by atoms with van der Waals surface area (Å²) in [6.07, 6.45) is 2.11. The summed E-state index contributed by atoms with van der Waals surface area (Å²) < 4.78 is 1.70. The van der Waals surface area contributed by atoms with Crippen molar-refractivity contribution < 1.29 is 4.79 Å². The third kappa shape index (κ3) is 2.29. The van der Waals surface area contributed by atoms with Crippen molar-refractivity contribution in [2.75, 3.05) is 6.54 Å². The van der Waals surface area contributed by atoms with Gasteiger partial charge in [-0.25, -0.2) is 4.68 Å². The molecule has 0 aliphatic carbocycles. The largest absolute Gasteiger partial charge is 0.333 e. The van der Waals surface area contributed by atoms with Crippen molar-refractivity contribution in [2.24, 2.45) is 0 Å². The van der Waals surface area contributed by atoms with E-state index in [2.05, 4.69) is 21.8 Å². The Balaban J connectivity index is 1.57. The van der Waals surface area contributed by atoms with Crippen molar-refractivity contribution in [3.8, 4) is 0 Å². The van der Waals surface area contributed by atoms with Crippen LogP contribution in [-0.4, -0.2) is 32.3 Å². The standard InChI is InChI=1S/C16H16N4OS/c21-16(11-20-13-6-2-1-5-12(13)17-18-20)19-9-3-7-14(19)15-8-4-10-22-15/h1-2,4-6,8,10,14H,3,7,9,11H2. The van der Waals surface area contributed by atoms with E-state index in [1.807, 2.05) is 35.2 Å². The van der Waals surface area contributed by atoms with Crippen molar-refractivity contribution in [3.05, 3.63) is 46.7 Å². The van der Waals surface area contributed by atoms with Crippen LogP contribution in [0, 0.1) is 0 Å². The Morgan fingerprint density at radius 3 is 3.05 bits per heavy atom. The summed E-state index contributed by atoms with van der Waals surface area (Å²) in [6.45, 7) is 1.08. The van der Waals surface area contributed by atoms with Crippen LogP contribution in [0.3, 0.4) is 0 Å². The SMILES string of the molecule is O=C(Cn1nnc2ccccc21)N1CCCC1c1cccs1. The molecule has 1 fully saturated rings. The summed E-state index contributed by atoms with van der Waals surface area (Å²) in [5, 5.41) is 10.3. The quantitative estimate of drug-likeness (QED) is 0.747. The van der Waals surface area contributed by atoms with Crippen LogP contribution < -0.4 is 0 Å². The average Bonchev–Trinajstić information content (AvgIpc) is 3.27. The Morgan fingerprint density at radius 1 is 1.27 bits per heavy atom. The van der Waals surface area contributed by atoms with Gasteiger partial charge in [-0.2, -0.15) is 0 Å². The number of carbonyl (C=O) groups is 1. The predicted molar refractivity (Wildman–Crippen MR) is 85.5 cm³/mol. The first-order chi connectivity index (χ1) is 10.8. The lowest BCUT2D eigenvalue weighted by molar-refractivity contribution is -0.132. The van der Waals surface area contributed by atoms with Crippen LogP contribution in [-0.2, 0) is 11.3 Å². The van der Waals surface area contributed by atoms with E-state index >= 15 is 0 Å². The van der Waals surface area contributed by atoms with Crippen molar-refractivity contribution >= 4 is 28.3 Å². The number of thiophene rings is 1. The van der Waals surface area contributed by atoms with Crippen molar-refractivity contribution in [2.45, 2.75) is 25.4 Å². The van der Waals surface area contributed by atoms with Gasteiger partial charge in [0.15, 0.2) is 0 Å². The average molecular weight is 312 g/mol. The van der Waals surface area contributed by atoms with Gasteiger partial charge in [0.2, 0.25) is 5.91 Å². The van der Waals surface area contributed by atoms with Gasteiger partial charge >= 0.3 is 0 Å². The number of para-hydroxylation sites is 1. The second-order valence-corrected chi connectivity index (χ2v) is 6.48. The Hall–Kier alpha value is -2.21. The molecule has 0 radical (unpaired) electrons. The van der Waals surface area contributed by atoms with Crippen molar-refractivity contribution in [3.63, 3.8) is 0 Å². The number of amides is 1. The van der Waals surface area contributed by atoms with Gasteiger partial charge in [-0.3, -0.25) is 4.79 Å². The summed E-state index contributed by atoms with van der Waals surface area (Å²) in [5.74, 6) is 0.117. The minimum absolute atomic E-state index is 0.117. The number of fused-ring (bicyclic) bond motifs is 1. The molecule has 1 atom stereocenters. The molecule has 4 rings (SSSR count). The number of hydrogen-bond acceptors (Lipinski definition) is 4. The van der Waals surface area contributed by atoms with Gasteiger partial charge in [-0.1, -0.05) is 23.4 Å². The number of carbonyl (C=O) groups excluding carboxylic acids is 1. The van der Waals surface area contributed by atoms with E-state index in [9.17, 15) is 4.79 Å². The lowest BCUT2D eigenvalue weighted by Crippen LogP contribution is -2.33. The molecule has 3 aromatic rings. The molecule has 112 valence electrons. The minimum atomic E-state index is 0.117. The zero-order valence-corrected chi connectivity index (χ0v) is 12.9. The molecule has 0 bridgehead atoms. The van der Waals surface area contributed by atoms with Crippen LogP contribution in [0.4, 0.5) is 0 Å². The Kier molecular flexibility index (Phi) is 3.38. The normalized spacial score (nSPS) is 18.2. The molecular weight excluding hydrogens is 296 g/mol. The smallest absolute Gasteiger partial charge is 0.244 e. The van der Waals surface area contributed by atoms with Crippen LogP contribution in [0.2, 0.25) is 0 Å². The fourth-order valence-corrected chi connectivity index (χ4v) is 3.97. The van der Waals surface area contributed by atoms with E-state index < -0.39 is 0 Å². The number of nitrogens with zero attached hydrogens (tertiary/aromatic N) is 4. The molecule has 1 aliphatic heterocycles. The molecule has 1 aromatic carbocycles. The number of benzene rings is 1. The van der Waals surface area contributed by atoms with Gasteiger partial charge in [-0.05, 0) is 36.4 Å². The maximum atomic E-state index is 12.7. The summed E-state index contributed by atoms with van der Waals surface area (Å²) in [7, 11) is 0. The summed E-state index contributed by atoms with van der Waals surface area (Å²) >= 11 is 1.72. The molecule has 1 saturated heterocycles. The lowest BCUT2D eigenvalue weighted by Gasteiger charge is -2.23. The molecule has 0 spiro atoms. The number of aromatic nitrogens is 3. The van der Waals surface area contributed by atoms with E-state index in [4.69, 9.17) is 0 Å². The first-order valence-electron chi connectivity index (χ1n) is 7.44. The maximum Gasteiger partial charge on any atom is 0.244 e. The van der Waals surface area contributed by atoms with Gasteiger partial charge in [0.1, 0.15) is 12.1 Å². The Labute approximate surface area is 132 Å². The highest BCUT2D eigenvalue weighted by Gasteiger charge is 2.30. The minimum Gasteiger partial charge on any atom is -0.333 e. The van der Waals surface area contributed by atoms with Crippen LogP contribution in [0.5, 0.6) is 0 Å². The summed E-state index contributed by atoms with van der Waals surface area (Å²) in [6, 6.07) is 12.1. The molecule has 5 nitrogen and oxygen atoms in total. The van der Waals surface area contributed by atoms with Crippen molar-refractivity contribution in [1.29, 1.82) is 0 Å². The highest BCUT2D eigenvalue weighted by atomic mass is 32.1. The third-order valence-electron chi connectivity index (χ3n) is 4.15. The summed E-state index contributed by atoms with van der Waals surface area (Å²) in [4.78, 5) is 16.0. The molecule has 1 unspecified atom stereocenters. The topological polar surface area (TPSA) is 51.0 Å². The van der Waals surface area contributed by atoms with Crippen LogP contribution in [0.1, 0.15) is 23.8 Å². The first kappa shape index (κ1) is 13.5. The van der Waals surface area contributed by atoms with Gasteiger partial charge in [-0.15, -0.1) is 16.4 Å². The van der Waals surface area contributed by atoms with Crippen LogP contribution in [0.15, 0.2) is 41.8 Å². The van der Waals surface area contributed by atoms with E-state index in [1.165, 1.54) is 4.88 Å². The molecule has 0 N–H and O–H groups in total. The molecule has 1 aliphatic rings. The first-order valence-corrected chi connectivity index (χ1v) is 8.32. The fraction of sp³-hybridized carbons (Fsp3) is 0.312. The molecule has 22 heavy (non-hydrogen) atoms. The van der Waals surface area contributed by atoms with Crippen LogP contribution in [0.25, 0.3) is 11.0 Å². The fourth-order valence-electron chi connectivity index (χ4n) is 3.09. The maximum absolute atomic E-state index is 12.7. The van der Waals surface area contributed by atoms with Gasteiger partial charge in [0, 0.05) is 11.4 Å². The van der Waals surface area contributed by atoms with E-state index in [1.54, 1.807) is 16.0 Å². The van der Waals surface area contributed by atoms with Crippen molar-refractivity contribution in [1.82, 2.24) is 19.9 Å².